The first-order chi connectivity index (χ1) is 12.8. The van der Waals surface area contributed by atoms with Crippen LogP contribution in [-0.4, -0.2) is 41.7 Å². The number of ether oxygens (including phenoxy) is 1. The molecular formula is C19H33N3O5. The zero-order valence-corrected chi connectivity index (χ0v) is 15.8. The summed E-state index contributed by atoms with van der Waals surface area (Å²) in [4.78, 5) is 36.4. The highest BCUT2D eigenvalue weighted by atomic mass is 16.5. The molecule has 3 amide bonds. The Labute approximate surface area is 163 Å². The van der Waals surface area contributed by atoms with Gasteiger partial charge in [-0.25, -0.2) is 4.79 Å². The molecule has 0 aliphatic heterocycles. The number of rotatable bonds is 9. The van der Waals surface area contributed by atoms with E-state index in [1.54, 1.807) is 45.0 Å². The van der Waals surface area contributed by atoms with Crippen LogP contribution in [0.3, 0.4) is 0 Å². The summed E-state index contributed by atoms with van der Waals surface area (Å²) in [5.74, 6) is -1.10. The average Bonchev–Trinajstić information content (AvgIpc) is 2.64. The largest absolute Gasteiger partial charge is 0.445 e. The molecule has 154 valence electrons. The van der Waals surface area contributed by atoms with Gasteiger partial charge in [0.25, 0.3) is 0 Å². The van der Waals surface area contributed by atoms with Crippen LogP contribution in [0.2, 0.25) is 0 Å². The first kappa shape index (κ1) is 22.2. The Bertz CT molecular complexity index is 672. The van der Waals surface area contributed by atoms with Gasteiger partial charge in [-0.05, 0) is 30.5 Å². The number of carbonyl (C=O) groups is 3. The summed E-state index contributed by atoms with van der Waals surface area (Å²) in [5.41, 5.74) is 1.27. The van der Waals surface area contributed by atoms with Gasteiger partial charge >= 0.3 is 6.09 Å². The predicted molar refractivity (Wildman–Crippen MR) is 108 cm³/mol. The molecule has 0 aliphatic rings. The molecule has 1 aromatic carbocycles. The van der Waals surface area contributed by atoms with E-state index in [-0.39, 0.29) is 23.4 Å². The van der Waals surface area contributed by atoms with Gasteiger partial charge in [-0.1, -0.05) is 38.6 Å². The fourth-order valence-corrected chi connectivity index (χ4v) is 2.15. The Hall–Kier alpha value is -2.87. The molecule has 2 atom stereocenters. The maximum Gasteiger partial charge on any atom is 0.408 e. The van der Waals surface area contributed by atoms with Gasteiger partial charge in [0, 0.05) is 9.97 Å². The van der Waals surface area contributed by atoms with Gasteiger partial charge in [-0.3, -0.25) is 9.59 Å². The minimum Gasteiger partial charge on any atom is -0.445 e. The second kappa shape index (κ2) is 11.0. The first-order valence-electron chi connectivity index (χ1n) is 8.63. The van der Waals surface area contributed by atoms with E-state index >= 15 is 0 Å². The summed E-state index contributed by atoms with van der Waals surface area (Å²) in [6.07, 6.45) is 0.689. The summed E-state index contributed by atoms with van der Waals surface area (Å²) in [7, 11) is 0. The molecule has 27 heavy (non-hydrogen) atoms. The Morgan fingerprint density at radius 1 is 1.15 bits per heavy atom. The molecule has 8 heteroatoms. The third kappa shape index (κ3) is 7.49. The molecular weight excluding hydrogens is 350 g/mol. The van der Waals surface area contributed by atoms with Crippen molar-refractivity contribution in [1.29, 1.82) is 0 Å². The van der Waals surface area contributed by atoms with E-state index in [9.17, 15) is 14.4 Å². The number of aliphatic hydroxyl groups is 1. The van der Waals surface area contributed by atoms with E-state index in [1.165, 1.54) is 6.08 Å². The summed E-state index contributed by atoms with van der Waals surface area (Å²) in [6.45, 7) is 8.48. The highest BCUT2D eigenvalue weighted by Gasteiger charge is 2.27. The van der Waals surface area contributed by atoms with E-state index in [1.807, 2.05) is 0 Å². The van der Waals surface area contributed by atoms with Crippen molar-refractivity contribution in [2.24, 2.45) is 5.92 Å². The second-order valence-electron chi connectivity index (χ2n) is 6.33. The lowest BCUT2D eigenvalue weighted by atomic mass is 10.0. The number of carbonyl (C=O) groups excluding carboxylic acids is 3. The smallest absolute Gasteiger partial charge is 0.408 e. The topological polar surface area (TPSA) is 117 Å². The number of alkyl carbamates (subject to hydrolysis) is 1. The molecule has 1 rings (SSSR count). The number of benzene rings is 1. The van der Waals surface area contributed by atoms with Crippen molar-refractivity contribution in [2.75, 3.05) is 11.9 Å². The van der Waals surface area contributed by atoms with Crippen molar-refractivity contribution in [3.8, 4) is 0 Å². The second-order valence-corrected chi connectivity index (χ2v) is 6.33. The van der Waals surface area contributed by atoms with Crippen molar-refractivity contribution in [1.82, 2.24) is 10.6 Å². The number of amides is 3. The molecule has 0 aliphatic carbocycles. The lowest BCUT2D eigenvalue weighted by molar-refractivity contribution is -0.128. The van der Waals surface area contributed by atoms with Crippen LogP contribution in [0.4, 0.5) is 10.5 Å². The molecule has 4 N–H and O–H groups in total. The summed E-state index contributed by atoms with van der Waals surface area (Å²) < 4.78 is 4.83. The molecule has 0 fully saturated rings. The molecule has 8 nitrogen and oxygen atoms in total. The quantitative estimate of drug-likeness (QED) is 0.488. The fraction of sp³-hybridized carbons (Fsp3) is 0.421. The minimum atomic E-state index is -0.846. The average molecular weight is 383 g/mol. The monoisotopic (exact) mass is 383 g/mol. The molecule has 0 saturated heterocycles. The number of hydrogen-bond donors (Lipinski definition) is 4. The Balaban J connectivity index is -0.00000243. The van der Waals surface area contributed by atoms with E-state index in [2.05, 4.69) is 22.5 Å². The van der Waals surface area contributed by atoms with Gasteiger partial charge in [0.2, 0.25) is 11.8 Å². The van der Waals surface area contributed by atoms with Crippen molar-refractivity contribution in [3.63, 3.8) is 0 Å². The molecule has 0 saturated carbocycles. The van der Waals surface area contributed by atoms with Gasteiger partial charge in [0.1, 0.15) is 18.7 Å². The third-order valence-corrected chi connectivity index (χ3v) is 3.71. The minimum absolute atomic E-state index is 0. The van der Waals surface area contributed by atoms with Crippen LogP contribution >= 0.6 is 0 Å². The highest BCUT2D eigenvalue weighted by molar-refractivity contribution is 5.98. The molecule has 0 heterocycles. The standard InChI is InChI=1S/C19H27N3O5.3H2/c1-5-10-27-19(26)22-16(12(2)3)18(25)20-13(4)17(24)21-15-8-6-14(11-23)7-9-15;;;/h5-9,12-13,16,23H,1,10-11H2,2-4H3,(H,20,25)(H,21,24)(H,22,26);3*1H/t13-,16-;;;/m0.../s1. The Kier molecular flexibility index (Phi) is 9.01. The Morgan fingerprint density at radius 3 is 2.30 bits per heavy atom. The summed E-state index contributed by atoms with van der Waals surface area (Å²) >= 11 is 0. The van der Waals surface area contributed by atoms with Gasteiger partial charge in [0.15, 0.2) is 0 Å². The van der Waals surface area contributed by atoms with Gasteiger partial charge < -0.3 is 25.8 Å². The molecule has 0 aromatic heterocycles. The van der Waals surface area contributed by atoms with Crippen LogP contribution in [0, 0.1) is 5.92 Å². The number of aliphatic hydroxyl groups excluding tert-OH is 1. The van der Waals surface area contributed by atoms with Crippen LogP contribution in [0.15, 0.2) is 36.9 Å². The van der Waals surface area contributed by atoms with Gasteiger partial charge in [0.05, 0.1) is 6.61 Å². The zero-order chi connectivity index (χ0) is 20.4. The molecule has 1 aromatic rings. The van der Waals surface area contributed by atoms with E-state index in [0.29, 0.717) is 5.69 Å². The predicted octanol–water partition coefficient (Wildman–Crippen LogP) is 2.30. The number of nitrogens with one attached hydrogen (secondary N) is 3. The van der Waals surface area contributed by atoms with Crippen LogP contribution < -0.4 is 16.0 Å². The maximum absolute atomic E-state index is 12.4. The summed E-state index contributed by atoms with van der Waals surface area (Å²) in [6, 6.07) is 5.03. The highest BCUT2D eigenvalue weighted by Crippen LogP contribution is 2.10. The SMILES string of the molecule is C=CCOC(=O)N[C@H](C(=O)N[C@@H](C)C(=O)Nc1ccc(CO)cc1)C(C)C.[HH].[HH].[HH]. The third-order valence-electron chi connectivity index (χ3n) is 3.71. The number of anilines is 1. The van der Waals surface area contributed by atoms with Gasteiger partial charge in [-0.15, -0.1) is 0 Å². The van der Waals surface area contributed by atoms with Crippen molar-refractivity contribution < 1.29 is 28.5 Å². The molecule has 0 spiro atoms. The van der Waals surface area contributed by atoms with Crippen molar-refractivity contribution >= 4 is 23.6 Å². The van der Waals surface area contributed by atoms with Crippen LogP contribution in [0.1, 0.15) is 30.6 Å². The fourth-order valence-electron chi connectivity index (χ4n) is 2.15. The normalized spacial score (nSPS) is 12.6. The van der Waals surface area contributed by atoms with Crippen molar-refractivity contribution in [2.45, 2.75) is 39.5 Å². The maximum atomic E-state index is 12.4. The molecule has 0 unspecified atom stereocenters. The van der Waals surface area contributed by atoms with Crippen LogP contribution in [-0.2, 0) is 20.9 Å². The zero-order valence-electron chi connectivity index (χ0n) is 15.8. The van der Waals surface area contributed by atoms with E-state index in [0.717, 1.165) is 5.56 Å². The lowest BCUT2D eigenvalue weighted by Crippen LogP contribution is -2.53. The van der Waals surface area contributed by atoms with E-state index < -0.39 is 30.0 Å². The van der Waals surface area contributed by atoms with Crippen LogP contribution in [0.5, 0.6) is 0 Å². The first-order valence-corrected chi connectivity index (χ1v) is 8.63. The number of hydrogen-bond acceptors (Lipinski definition) is 5. The molecule has 0 radical (unpaired) electrons. The Morgan fingerprint density at radius 2 is 1.78 bits per heavy atom. The molecule has 0 bridgehead atoms. The van der Waals surface area contributed by atoms with E-state index in [4.69, 9.17) is 9.84 Å². The summed E-state index contributed by atoms with van der Waals surface area (Å²) in [5, 5.41) is 16.8. The van der Waals surface area contributed by atoms with Crippen molar-refractivity contribution in [3.05, 3.63) is 42.5 Å². The van der Waals surface area contributed by atoms with Gasteiger partial charge in [-0.2, -0.15) is 0 Å². The lowest BCUT2D eigenvalue weighted by Gasteiger charge is -2.23. The van der Waals surface area contributed by atoms with Crippen LogP contribution in [0.25, 0.3) is 0 Å².